The lowest BCUT2D eigenvalue weighted by Crippen LogP contribution is -1.85. The van der Waals surface area contributed by atoms with Gasteiger partial charge in [0, 0.05) is 18.0 Å². The molecule has 0 unspecified atom stereocenters. The molecule has 3 heterocycles. The van der Waals surface area contributed by atoms with Gasteiger partial charge in [-0.3, -0.25) is 4.98 Å². The van der Waals surface area contributed by atoms with Gasteiger partial charge in [0.25, 0.3) is 10.7 Å². The van der Waals surface area contributed by atoms with Crippen LogP contribution in [0.3, 0.4) is 0 Å². The third kappa shape index (κ3) is 2.34. The molecule has 3 aromatic heterocycles. The van der Waals surface area contributed by atoms with E-state index in [0.29, 0.717) is 5.89 Å². The lowest BCUT2D eigenvalue weighted by atomic mass is 10.3. The fourth-order valence-corrected chi connectivity index (χ4v) is 2.89. The van der Waals surface area contributed by atoms with Crippen LogP contribution in [-0.4, -0.2) is 20.2 Å². The van der Waals surface area contributed by atoms with E-state index in [4.69, 9.17) is 16.6 Å². The minimum absolute atomic E-state index is 0.272. The maximum Gasteiger partial charge on any atom is 0.284 e. The smallest absolute Gasteiger partial charge is 0.284 e. The van der Waals surface area contributed by atoms with Crippen molar-refractivity contribution in [1.29, 1.82) is 0 Å². The number of hydrogen-bond donors (Lipinski definition) is 1. The van der Waals surface area contributed by atoms with Crippen LogP contribution in [0.15, 0.2) is 28.9 Å². The predicted octanol–water partition coefficient (Wildman–Crippen LogP) is 3.48. The Labute approximate surface area is 118 Å². The first-order valence-corrected chi connectivity index (χ1v) is 6.96. The van der Waals surface area contributed by atoms with Gasteiger partial charge >= 0.3 is 0 Å². The van der Waals surface area contributed by atoms with Crippen molar-refractivity contribution in [2.45, 2.75) is 13.3 Å². The zero-order valence-electron chi connectivity index (χ0n) is 10.1. The number of rotatable bonds is 3. The van der Waals surface area contributed by atoms with Crippen LogP contribution in [0.25, 0.3) is 21.3 Å². The molecule has 96 valence electrons. The van der Waals surface area contributed by atoms with E-state index in [-0.39, 0.29) is 4.84 Å². The van der Waals surface area contributed by atoms with Crippen molar-refractivity contribution >= 4 is 23.6 Å². The number of pyridine rings is 1. The minimum Gasteiger partial charge on any atom is -0.408 e. The van der Waals surface area contributed by atoms with Gasteiger partial charge in [-0.1, -0.05) is 6.92 Å². The average molecular weight is 290 g/mol. The van der Waals surface area contributed by atoms with E-state index >= 15 is 0 Å². The summed E-state index contributed by atoms with van der Waals surface area (Å²) in [5.41, 5.74) is 1.94. The molecule has 0 atom stereocenters. The topological polar surface area (TPSA) is 67.6 Å². The number of thiazole rings is 1. The molecule has 0 aliphatic carbocycles. The number of nitrogens with one attached hydrogen (secondary N) is 1. The zero-order chi connectivity index (χ0) is 13.2. The summed E-state index contributed by atoms with van der Waals surface area (Å²) in [6.07, 6.45) is 4.34. The minimum atomic E-state index is 0.272. The summed E-state index contributed by atoms with van der Waals surface area (Å²) in [7, 11) is 0. The van der Waals surface area contributed by atoms with Gasteiger partial charge in [-0.05, 0) is 30.8 Å². The Hall–Kier alpha value is -1.86. The van der Waals surface area contributed by atoms with Crippen molar-refractivity contribution in [2.75, 3.05) is 0 Å². The van der Waals surface area contributed by atoms with Crippen molar-refractivity contribution in [2.24, 2.45) is 0 Å². The van der Waals surface area contributed by atoms with Crippen LogP contribution in [0.5, 0.6) is 0 Å². The van der Waals surface area contributed by atoms with Crippen molar-refractivity contribution in [3.63, 3.8) is 0 Å². The number of hydrogen-bond acceptors (Lipinski definition) is 6. The number of nitrogens with zero attached hydrogens (tertiary/aromatic N) is 3. The van der Waals surface area contributed by atoms with Gasteiger partial charge in [-0.2, -0.15) is 0 Å². The highest BCUT2D eigenvalue weighted by atomic mass is 32.1. The van der Waals surface area contributed by atoms with Gasteiger partial charge in [-0.25, -0.2) is 10.1 Å². The van der Waals surface area contributed by atoms with E-state index in [1.54, 1.807) is 12.4 Å². The lowest BCUT2D eigenvalue weighted by Gasteiger charge is -1.92. The Morgan fingerprint density at radius 1 is 1.47 bits per heavy atom. The molecule has 3 aromatic rings. The van der Waals surface area contributed by atoms with E-state index in [9.17, 15) is 0 Å². The first kappa shape index (κ1) is 12.2. The number of H-pyrrole nitrogens is 1. The second-order valence-electron chi connectivity index (χ2n) is 3.81. The van der Waals surface area contributed by atoms with Gasteiger partial charge in [0.05, 0.1) is 5.69 Å². The third-order valence-corrected chi connectivity index (χ3v) is 3.88. The lowest BCUT2D eigenvalue weighted by molar-refractivity contribution is 0.552. The maximum atomic E-state index is 5.36. The molecular weight excluding hydrogens is 280 g/mol. The Kier molecular flexibility index (Phi) is 3.22. The molecule has 0 spiro atoms. The second kappa shape index (κ2) is 5.02. The Bertz CT molecular complexity index is 744. The quantitative estimate of drug-likeness (QED) is 0.748. The highest BCUT2D eigenvalue weighted by molar-refractivity contribution is 7.71. The van der Waals surface area contributed by atoms with Crippen molar-refractivity contribution in [3.05, 3.63) is 35.1 Å². The Balaban J connectivity index is 2.11. The molecule has 1 N–H and O–H groups in total. The van der Waals surface area contributed by atoms with Crippen LogP contribution in [0.1, 0.15) is 12.6 Å². The van der Waals surface area contributed by atoms with Crippen LogP contribution >= 0.6 is 23.6 Å². The van der Waals surface area contributed by atoms with Gasteiger partial charge in [-0.15, -0.1) is 16.4 Å². The van der Waals surface area contributed by atoms with Crippen LogP contribution in [-0.2, 0) is 6.42 Å². The number of aromatic amines is 1. The first-order chi connectivity index (χ1) is 9.28. The SMILES string of the molecule is CCc1nc(-c2cccnc2)sc1-c1n[nH]c(=S)o1. The fourth-order valence-electron chi connectivity index (χ4n) is 1.70. The molecule has 5 nitrogen and oxygen atoms in total. The highest BCUT2D eigenvalue weighted by Gasteiger charge is 2.16. The second-order valence-corrected chi connectivity index (χ2v) is 5.18. The molecule has 3 rings (SSSR count). The van der Waals surface area contributed by atoms with Gasteiger partial charge in [0.15, 0.2) is 0 Å². The molecule has 0 bridgehead atoms. The van der Waals surface area contributed by atoms with Crippen LogP contribution < -0.4 is 0 Å². The van der Waals surface area contributed by atoms with E-state index < -0.39 is 0 Å². The zero-order valence-corrected chi connectivity index (χ0v) is 11.7. The number of aromatic nitrogens is 4. The monoisotopic (exact) mass is 290 g/mol. The normalized spacial score (nSPS) is 10.8. The van der Waals surface area contributed by atoms with Gasteiger partial charge in [0.1, 0.15) is 9.88 Å². The summed E-state index contributed by atoms with van der Waals surface area (Å²) >= 11 is 6.43. The summed E-state index contributed by atoms with van der Waals surface area (Å²) in [5, 5.41) is 7.60. The van der Waals surface area contributed by atoms with Crippen LogP contribution in [0.2, 0.25) is 0 Å². The molecule has 0 saturated heterocycles. The molecule has 0 aliphatic rings. The summed E-state index contributed by atoms with van der Waals surface area (Å²) in [6.45, 7) is 2.05. The predicted molar refractivity (Wildman–Crippen MR) is 75.4 cm³/mol. The highest BCUT2D eigenvalue weighted by Crippen LogP contribution is 2.34. The van der Waals surface area contributed by atoms with Crippen molar-refractivity contribution < 1.29 is 4.42 Å². The summed E-state index contributed by atoms with van der Waals surface area (Å²) < 4.78 is 5.36. The first-order valence-electron chi connectivity index (χ1n) is 5.74. The van der Waals surface area contributed by atoms with E-state index in [2.05, 4.69) is 20.2 Å². The summed E-state index contributed by atoms with van der Waals surface area (Å²) in [6, 6.07) is 3.87. The molecule has 0 radical (unpaired) electrons. The van der Waals surface area contributed by atoms with E-state index in [1.165, 1.54) is 11.3 Å². The van der Waals surface area contributed by atoms with Crippen LogP contribution in [0.4, 0.5) is 0 Å². The Morgan fingerprint density at radius 2 is 2.37 bits per heavy atom. The molecule has 0 aliphatic heterocycles. The van der Waals surface area contributed by atoms with Crippen molar-refractivity contribution in [1.82, 2.24) is 20.2 Å². The van der Waals surface area contributed by atoms with Crippen molar-refractivity contribution in [3.8, 4) is 21.3 Å². The Morgan fingerprint density at radius 3 is 3.00 bits per heavy atom. The van der Waals surface area contributed by atoms with Crippen LogP contribution in [0, 0.1) is 4.84 Å². The molecule has 7 heteroatoms. The average Bonchev–Trinajstić information content (AvgIpc) is 3.05. The maximum absolute atomic E-state index is 5.36. The molecule has 0 saturated carbocycles. The largest absolute Gasteiger partial charge is 0.408 e. The van der Waals surface area contributed by atoms with Gasteiger partial charge < -0.3 is 4.42 Å². The van der Waals surface area contributed by atoms with E-state index in [0.717, 1.165) is 27.6 Å². The fraction of sp³-hybridized carbons (Fsp3) is 0.167. The molecule has 0 fully saturated rings. The van der Waals surface area contributed by atoms with Gasteiger partial charge in [0.2, 0.25) is 0 Å². The molecule has 0 aromatic carbocycles. The third-order valence-electron chi connectivity index (χ3n) is 2.57. The summed E-state index contributed by atoms with van der Waals surface area (Å²) in [5.74, 6) is 0.495. The molecule has 19 heavy (non-hydrogen) atoms. The summed E-state index contributed by atoms with van der Waals surface area (Å²) in [4.78, 5) is 9.91. The van der Waals surface area contributed by atoms with E-state index in [1.807, 2.05) is 19.1 Å². The molecule has 0 amide bonds. The standard InChI is InChI=1S/C12H10N4OS2/c1-2-8-9(10-15-16-12(18)17-10)19-11(14-8)7-4-3-5-13-6-7/h3-6H,2H2,1H3,(H,16,18). The molecular formula is C12H10N4OS2. The number of aryl methyl sites for hydroxylation is 1.